The van der Waals surface area contributed by atoms with Gasteiger partial charge in [-0.1, -0.05) is 24.3 Å². The average molecular weight is 349 g/mol. The quantitative estimate of drug-likeness (QED) is 0.726. The van der Waals surface area contributed by atoms with Crippen molar-refractivity contribution in [3.8, 4) is 11.4 Å². The number of hydrogen-bond donors (Lipinski definition) is 0. The Morgan fingerprint density at radius 1 is 1.23 bits per heavy atom. The van der Waals surface area contributed by atoms with Gasteiger partial charge in [-0.05, 0) is 53.1 Å². The molecule has 1 aliphatic rings. The smallest absolute Gasteiger partial charge is 0.254 e. The Morgan fingerprint density at radius 3 is 2.85 bits per heavy atom. The molecule has 1 amide bonds. The van der Waals surface area contributed by atoms with Gasteiger partial charge in [-0.2, -0.15) is 4.68 Å². The first-order chi connectivity index (χ1) is 12.7. The largest absolute Gasteiger partial charge is 0.494 e. The van der Waals surface area contributed by atoms with Gasteiger partial charge in [0.05, 0.1) is 13.2 Å². The Labute approximate surface area is 151 Å². The van der Waals surface area contributed by atoms with Crippen molar-refractivity contribution in [3.63, 3.8) is 0 Å². The van der Waals surface area contributed by atoms with Gasteiger partial charge >= 0.3 is 0 Å². The summed E-state index contributed by atoms with van der Waals surface area (Å²) in [4.78, 5) is 15.1. The van der Waals surface area contributed by atoms with Gasteiger partial charge in [0.15, 0.2) is 0 Å². The number of carbonyl (C=O) groups excluding carboxylic acids is 1. The van der Waals surface area contributed by atoms with Crippen molar-refractivity contribution in [2.45, 2.75) is 19.4 Å². The highest BCUT2D eigenvalue weighted by Gasteiger charge is 2.28. The molecule has 26 heavy (non-hydrogen) atoms. The van der Waals surface area contributed by atoms with Gasteiger partial charge in [0.25, 0.3) is 5.91 Å². The van der Waals surface area contributed by atoms with Crippen molar-refractivity contribution >= 4 is 5.91 Å². The Kier molecular flexibility index (Phi) is 4.12. The van der Waals surface area contributed by atoms with E-state index in [0.29, 0.717) is 23.5 Å². The summed E-state index contributed by atoms with van der Waals surface area (Å²) in [5.41, 5.74) is 3.74. The van der Waals surface area contributed by atoms with E-state index in [2.05, 4.69) is 34.6 Å². The van der Waals surface area contributed by atoms with E-state index in [-0.39, 0.29) is 11.9 Å². The lowest BCUT2D eigenvalue weighted by Crippen LogP contribution is -2.38. The Morgan fingerprint density at radius 2 is 2.08 bits per heavy atom. The maximum atomic E-state index is 13.2. The van der Waals surface area contributed by atoms with Crippen molar-refractivity contribution in [1.29, 1.82) is 0 Å². The van der Waals surface area contributed by atoms with Crippen LogP contribution in [0.2, 0.25) is 0 Å². The fraction of sp³-hybridized carbons (Fsp3) is 0.263. The zero-order chi connectivity index (χ0) is 18.1. The fourth-order valence-corrected chi connectivity index (χ4v) is 3.49. The maximum absolute atomic E-state index is 13.2. The third-order valence-corrected chi connectivity index (χ3v) is 4.88. The lowest BCUT2D eigenvalue weighted by molar-refractivity contribution is 0.0677. The summed E-state index contributed by atoms with van der Waals surface area (Å²) in [6.07, 6.45) is 2.34. The van der Waals surface area contributed by atoms with Crippen LogP contribution in [0.15, 0.2) is 48.8 Å². The molecule has 1 aromatic heterocycles. The summed E-state index contributed by atoms with van der Waals surface area (Å²) in [5.74, 6) is 0.592. The molecule has 7 heteroatoms. The first kappa shape index (κ1) is 16.3. The highest BCUT2D eigenvalue weighted by Crippen LogP contribution is 2.31. The van der Waals surface area contributed by atoms with Gasteiger partial charge in [0, 0.05) is 12.1 Å². The van der Waals surface area contributed by atoms with Crippen LogP contribution >= 0.6 is 0 Å². The minimum Gasteiger partial charge on any atom is -0.494 e. The number of rotatable bonds is 3. The number of benzene rings is 2. The molecule has 1 aliphatic heterocycles. The zero-order valence-corrected chi connectivity index (χ0v) is 14.7. The van der Waals surface area contributed by atoms with Crippen molar-refractivity contribution in [2.75, 3.05) is 13.7 Å². The van der Waals surface area contributed by atoms with E-state index in [1.165, 1.54) is 22.1 Å². The van der Waals surface area contributed by atoms with Crippen LogP contribution in [0.5, 0.6) is 5.75 Å². The van der Waals surface area contributed by atoms with Crippen LogP contribution in [0.1, 0.15) is 34.5 Å². The molecule has 3 aromatic rings. The monoisotopic (exact) mass is 349 g/mol. The third kappa shape index (κ3) is 2.71. The SMILES string of the molecule is COc1ccc(C(=O)N2CCc3ccccc3[C@@H]2C)cc1-n1cnnn1. The number of nitrogens with zero attached hydrogens (tertiary/aromatic N) is 5. The summed E-state index contributed by atoms with van der Waals surface area (Å²) >= 11 is 0. The Balaban J connectivity index is 1.68. The third-order valence-electron chi connectivity index (χ3n) is 4.88. The topological polar surface area (TPSA) is 73.1 Å². The van der Waals surface area contributed by atoms with Crippen LogP contribution < -0.4 is 4.74 Å². The number of methoxy groups -OCH3 is 1. The highest BCUT2D eigenvalue weighted by molar-refractivity contribution is 5.95. The molecule has 4 rings (SSSR count). The van der Waals surface area contributed by atoms with Crippen molar-refractivity contribution < 1.29 is 9.53 Å². The van der Waals surface area contributed by atoms with Gasteiger partial charge in [-0.3, -0.25) is 4.79 Å². The molecule has 0 saturated carbocycles. The van der Waals surface area contributed by atoms with E-state index >= 15 is 0 Å². The Hall–Kier alpha value is -3.22. The standard InChI is InChI=1S/C19H19N5O2/c1-13-16-6-4-3-5-14(16)9-10-23(13)19(25)15-7-8-18(26-2)17(11-15)24-12-20-21-22-24/h3-8,11-13H,9-10H2,1-2H3/t13-/m0/s1. The molecule has 0 bridgehead atoms. The van der Waals surface area contributed by atoms with Gasteiger partial charge in [-0.15, -0.1) is 5.10 Å². The number of ether oxygens (including phenoxy) is 1. The molecule has 0 aliphatic carbocycles. The molecular formula is C19H19N5O2. The van der Waals surface area contributed by atoms with Gasteiger partial charge in [-0.25, -0.2) is 0 Å². The number of carbonyl (C=O) groups is 1. The first-order valence-electron chi connectivity index (χ1n) is 8.49. The summed E-state index contributed by atoms with van der Waals surface area (Å²) in [5, 5.41) is 11.2. The van der Waals surface area contributed by atoms with Gasteiger partial charge in [0.1, 0.15) is 17.8 Å². The van der Waals surface area contributed by atoms with E-state index in [4.69, 9.17) is 4.74 Å². The molecule has 2 aromatic carbocycles. The highest BCUT2D eigenvalue weighted by atomic mass is 16.5. The molecule has 132 valence electrons. The summed E-state index contributed by atoms with van der Waals surface area (Å²) in [6.45, 7) is 2.77. The number of hydrogen-bond acceptors (Lipinski definition) is 5. The molecule has 0 fully saturated rings. The molecule has 1 atom stereocenters. The van der Waals surface area contributed by atoms with E-state index in [0.717, 1.165) is 6.42 Å². The van der Waals surface area contributed by atoms with E-state index in [1.54, 1.807) is 25.3 Å². The summed E-state index contributed by atoms with van der Waals surface area (Å²) < 4.78 is 6.87. The van der Waals surface area contributed by atoms with E-state index in [1.807, 2.05) is 17.0 Å². The van der Waals surface area contributed by atoms with Gasteiger partial charge < -0.3 is 9.64 Å². The van der Waals surface area contributed by atoms with Crippen LogP contribution in [0, 0.1) is 0 Å². The van der Waals surface area contributed by atoms with Crippen molar-refractivity contribution in [3.05, 3.63) is 65.5 Å². The van der Waals surface area contributed by atoms with E-state index < -0.39 is 0 Å². The average Bonchev–Trinajstić information content (AvgIpc) is 3.22. The molecule has 0 unspecified atom stereocenters. The number of amides is 1. The predicted molar refractivity (Wildman–Crippen MR) is 95.3 cm³/mol. The molecule has 0 N–H and O–H groups in total. The number of aromatic nitrogens is 4. The fourth-order valence-electron chi connectivity index (χ4n) is 3.49. The van der Waals surface area contributed by atoms with E-state index in [9.17, 15) is 4.79 Å². The van der Waals surface area contributed by atoms with Crippen LogP contribution in [0.25, 0.3) is 5.69 Å². The molecular weight excluding hydrogens is 330 g/mol. The van der Waals surface area contributed by atoms with Crippen LogP contribution in [-0.2, 0) is 6.42 Å². The summed E-state index contributed by atoms with van der Waals surface area (Å²) in [7, 11) is 1.58. The Bertz CT molecular complexity index is 939. The second-order valence-corrected chi connectivity index (χ2v) is 6.26. The lowest BCUT2D eigenvalue weighted by Gasteiger charge is -2.35. The zero-order valence-electron chi connectivity index (χ0n) is 14.7. The van der Waals surface area contributed by atoms with Crippen LogP contribution in [-0.4, -0.2) is 44.7 Å². The summed E-state index contributed by atoms with van der Waals surface area (Å²) in [6, 6.07) is 13.7. The molecule has 2 heterocycles. The molecule has 0 radical (unpaired) electrons. The minimum absolute atomic E-state index is 0.0102. The second kappa shape index (κ2) is 6.59. The molecule has 7 nitrogen and oxygen atoms in total. The lowest BCUT2D eigenvalue weighted by atomic mass is 9.93. The molecule has 0 spiro atoms. The minimum atomic E-state index is -0.0102. The maximum Gasteiger partial charge on any atom is 0.254 e. The number of tetrazole rings is 1. The van der Waals surface area contributed by atoms with Crippen LogP contribution in [0.3, 0.4) is 0 Å². The van der Waals surface area contributed by atoms with Crippen molar-refractivity contribution in [2.24, 2.45) is 0 Å². The molecule has 0 saturated heterocycles. The second-order valence-electron chi connectivity index (χ2n) is 6.26. The predicted octanol–water partition coefficient (Wildman–Crippen LogP) is 2.43. The number of fused-ring (bicyclic) bond motifs is 1. The van der Waals surface area contributed by atoms with Crippen molar-refractivity contribution in [1.82, 2.24) is 25.1 Å². The normalized spacial score (nSPS) is 16.2. The van der Waals surface area contributed by atoms with Gasteiger partial charge in [0.2, 0.25) is 0 Å². The van der Waals surface area contributed by atoms with Crippen LogP contribution in [0.4, 0.5) is 0 Å². The first-order valence-corrected chi connectivity index (χ1v) is 8.49.